The van der Waals surface area contributed by atoms with Crippen molar-refractivity contribution in [2.45, 2.75) is 33.2 Å². The van der Waals surface area contributed by atoms with Crippen molar-refractivity contribution in [3.05, 3.63) is 23.8 Å². The summed E-state index contributed by atoms with van der Waals surface area (Å²) in [7, 11) is 0. The number of aryl methyl sites for hydroxylation is 3. The Bertz CT molecular complexity index is 486. The van der Waals surface area contributed by atoms with E-state index in [4.69, 9.17) is 10.2 Å². The van der Waals surface area contributed by atoms with Crippen LogP contribution in [0.3, 0.4) is 0 Å². The molecule has 2 heterocycles. The van der Waals surface area contributed by atoms with E-state index in [1.807, 2.05) is 17.7 Å². The normalized spacial score (nSPS) is 11.0. The number of nitrogens with zero attached hydrogens (tertiary/aromatic N) is 3. The minimum Gasteiger partial charge on any atom is -0.439 e. The minimum atomic E-state index is 0.656. The molecule has 0 aliphatic rings. The molecule has 17 heavy (non-hydrogen) atoms. The predicted octanol–water partition coefficient (Wildman–Crippen LogP) is 1.76. The summed E-state index contributed by atoms with van der Waals surface area (Å²) >= 11 is 0. The summed E-state index contributed by atoms with van der Waals surface area (Å²) in [6.07, 6.45) is 3.44. The Hall–Kier alpha value is -1.62. The Labute approximate surface area is 101 Å². The Morgan fingerprint density at radius 3 is 3.00 bits per heavy atom. The highest BCUT2D eigenvalue weighted by molar-refractivity contribution is 5.51. The van der Waals surface area contributed by atoms with Crippen LogP contribution in [0.5, 0.6) is 0 Å². The zero-order chi connectivity index (χ0) is 12.3. The third-order valence-corrected chi connectivity index (χ3v) is 2.60. The maximum atomic E-state index is 5.70. The van der Waals surface area contributed by atoms with Gasteiger partial charge in [-0.15, -0.1) is 0 Å². The fourth-order valence-corrected chi connectivity index (χ4v) is 1.78. The first kappa shape index (κ1) is 11.9. The lowest BCUT2D eigenvalue weighted by Crippen LogP contribution is -2.00. The van der Waals surface area contributed by atoms with Crippen LogP contribution >= 0.6 is 0 Å². The van der Waals surface area contributed by atoms with Gasteiger partial charge in [-0.1, -0.05) is 0 Å². The largest absolute Gasteiger partial charge is 0.439 e. The minimum absolute atomic E-state index is 0.656. The van der Waals surface area contributed by atoms with Crippen molar-refractivity contribution in [3.63, 3.8) is 0 Å². The summed E-state index contributed by atoms with van der Waals surface area (Å²) < 4.78 is 7.62. The van der Waals surface area contributed by atoms with Crippen LogP contribution in [0.1, 0.15) is 24.9 Å². The van der Waals surface area contributed by atoms with Gasteiger partial charge in [0.25, 0.3) is 0 Å². The summed E-state index contributed by atoms with van der Waals surface area (Å²) in [5.74, 6) is 1.52. The van der Waals surface area contributed by atoms with E-state index in [1.165, 1.54) is 0 Å². The Morgan fingerprint density at radius 1 is 1.47 bits per heavy atom. The standard InChI is InChI=1S/C12H18N4O/c1-3-16-10(7-9(2)15-16)11-8-14-12(17-11)5-4-6-13/h7-8H,3-6,13H2,1-2H3. The Kier molecular flexibility index (Phi) is 3.58. The van der Waals surface area contributed by atoms with Gasteiger partial charge in [-0.2, -0.15) is 5.10 Å². The van der Waals surface area contributed by atoms with Crippen LogP contribution in [0.2, 0.25) is 0 Å². The number of hydrogen-bond acceptors (Lipinski definition) is 4. The van der Waals surface area contributed by atoms with Gasteiger partial charge in [0.2, 0.25) is 0 Å². The number of rotatable bonds is 5. The van der Waals surface area contributed by atoms with Gasteiger partial charge in [0.05, 0.1) is 11.9 Å². The molecule has 0 aromatic carbocycles. The van der Waals surface area contributed by atoms with Crippen LogP contribution in [-0.4, -0.2) is 21.3 Å². The van der Waals surface area contributed by atoms with Crippen molar-refractivity contribution in [3.8, 4) is 11.5 Å². The average Bonchev–Trinajstić information content (AvgIpc) is 2.92. The van der Waals surface area contributed by atoms with Gasteiger partial charge in [0.15, 0.2) is 11.7 Å². The third kappa shape index (κ3) is 2.55. The highest BCUT2D eigenvalue weighted by Crippen LogP contribution is 2.21. The molecule has 92 valence electrons. The number of oxazole rings is 1. The van der Waals surface area contributed by atoms with Crippen molar-refractivity contribution in [1.29, 1.82) is 0 Å². The zero-order valence-corrected chi connectivity index (χ0v) is 10.3. The molecule has 2 aromatic heterocycles. The van der Waals surface area contributed by atoms with Gasteiger partial charge in [-0.3, -0.25) is 4.68 Å². The summed E-state index contributed by atoms with van der Waals surface area (Å²) in [4.78, 5) is 4.25. The smallest absolute Gasteiger partial charge is 0.195 e. The van der Waals surface area contributed by atoms with E-state index in [0.717, 1.165) is 42.4 Å². The lowest BCUT2D eigenvalue weighted by molar-refractivity contribution is 0.493. The molecule has 2 rings (SSSR count). The molecule has 2 aromatic rings. The lowest BCUT2D eigenvalue weighted by atomic mass is 10.3. The van der Waals surface area contributed by atoms with Crippen molar-refractivity contribution < 1.29 is 4.42 Å². The highest BCUT2D eigenvalue weighted by Gasteiger charge is 2.11. The molecule has 0 spiro atoms. The van der Waals surface area contributed by atoms with Crippen molar-refractivity contribution in [2.75, 3.05) is 6.54 Å². The predicted molar refractivity (Wildman–Crippen MR) is 65.5 cm³/mol. The van der Waals surface area contributed by atoms with E-state index >= 15 is 0 Å². The van der Waals surface area contributed by atoms with Gasteiger partial charge in [-0.25, -0.2) is 4.98 Å². The molecule has 0 aliphatic carbocycles. The van der Waals surface area contributed by atoms with E-state index < -0.39 is 0 Å². The molecule has 0 aliphatic heterocycles. The van der Waals surface area contributed by atoms with Gasteiger partial charge >= 0.3 is 0 Å². The maximum absolute atomic E-state index is 5.70. The summed E-state index contributed by atoms with van der Waals surface area (Å²) in [6.45, 7) is 5.51. The van der Waals surface area contributed by atoms with Crippen LogP contribution in [0.4, 0.5) is 0 Å². The number of aromatic nitrogens is 3. The molecule has 0 fully saturated rings. The molecular formula is C12H18N4O. The second-order valence-corrected chi connectivity index (χ2v) is 4.00. The van der Waals surface area contributed by atoms with Gasteiger partial charge in [0.1, 0.15) is 5.69 Å². The fourth-order valence-electron chi connectivity index (χ4n) is 1.78. The zero-order valence-electron chi connectivity index (χ0n) is 10.3. The first-order valence-corrected chi connectivity index (χ1v) is 5.94. The lowest BCUT2D eigenvalue weighted by Gasteiger charge is -2.00. The molecule has 0 atom stereocenters. The second-order valence-electron chi connectivity index (χ2n) is 4.00. The molecule has 0 radical (unpaired) electrons. The molecule has 5 nitrogen and oxygen atoms in total. The average molecular weight is 234 g/mol. The van der Waals surface area contributed by atoms with E-state index in [9.17, 15) is 0 Å². The summed E-state index contributed by atoms with van der Waals surface area (Å²) in [6, 6.07) is 2.01. The Morgan fingerprint density at radius 2 is 2.29 bits per heavy atom. The topological polar surface area (TPSA) is 69.9 Å². The molecule has 5 heteroatoms. The van der Waals surface area contributed by atoms with Crippen molar-refractivity contribution in [2.24, 2.45) is 5.73 Å². The van der Waals surface area contributed by atoms with Crippen molar-refractivity contribution >= 4 is 0 Å². The van der Waals surface area contributed by atoms with Gasteiger partial charge in [0, 0.05) is 13.0 Å². The number of hydrogen-bond donors (Lipinski definition) is 1. The van der Waals surface area contributed by atoms with Crippen LogP contribution in [-0.2, 0) is 13.0 Å². The van der Waals surface area contributed by atoms with Crippen LogP contribution < -0.4 is 5.73 Å². The van der Waals surface area contributed by atoms with Crippen molar-refractivity contribution in [1.82, 2.24) is 14.8 Å². The summed E-state index contributed by atoms with van der Waals surface area (Å²) in [5.41, 5.74) is 7.43. The Balaban J connectivity index is 2.23. The SMILES string of the molecule is CCn1nc(C)cc1-c1cnc(CCCN)o1. The first-order chi connectivity index (χ1) is 8.24. The van der Waals surface area contributed by atoms with Crippen LogP contribution in [0, 0.1) is 6.92 Å². The molecule has 2 N–H and O–H groups in total. The molecule has 0 saturated heterocycles. The van der Waals surface area contributed by atoms with E-state index in [0.29, 0.717) is 6.54 Å². The van der Waals surface area contributed by atoms with Crippen LogP contribution in [0.15, 0.2) is 16.7 Å². The fraction of sp³-hybridized carbons (Fsp3) is 0.500. The third-order valence-electron chi connectivity index (χ3n) is 2.60. The molecule has 0 bridgehead atoms. The van der Waals surface area contributed by atoms with E-state index in [2.05, 4.69) is 17.0 Å². The quantitative estimate of drug-likeness (QED) is 0.855. The molecule has 0 unspecified atom stereocenters. The van der Waals surface area contributed by atoms with Gasteiger partial charge in [-0.05, 0) is 32.9 Å². The van der Waals surface area contributed by atoms with Gasteiger partial charge < -0.3 is 10.2 Å². The maximum Gasteiger partial charge on any atom is 0.195 e. The van der Waals surface area contributed by atoms with E-state index in [1.54, 1.807) is 6.20 Å². The number of nitrogens with two attached hydrogens (primary N) is 1. The second kappa shape index (κ2) is 5.14. The summed E-state index contributed by atoms with van der Waals surface area (Å²) in [5, 5.41) is 4.39. The monoisotopic (exact) mass is 234 g/mol. The molecular weight excluding hydrogens is 216 g/mol. The van der Waals surface area contributed by atoms with E-state index in [-0.39, 0.29) is 0 Å². The molecule has 0 saturated carbocycles. The van der Waals surface area contributed by atoms with Crippen LogP contribution in [0.25, 0.3) is 11.5 Å². The highest BCUT2D eigenvalue weighted by atomic mass is 16.4. The molecule has 0 amide bonds. The first-order valence-electron chi connectivity index (χ1n) is 5.94.